The van der Waals surface area contributed by atoms with Crippen LogP contribution >= 0.6 is 11.6 Å². The molecule has 0 amide bonds. The highest BCUT2D eigenvalue weighted by atomic mass is 35.5. The van der Waals surface area contributed by atoms with E-state index in [0.29, 0.717) is 17.0 Å². The lowest BCUT2D eigenvalue weighted by molar-refractivity contribution is 0.158. The molecule has 21 heavy (non-hydrogen) atoms. The van der Waals surface area contributed by atoms with Gasteiger partial charge in [-0.3, -0.25) is 0 Å². The third-order valence-corrected chi connectivity index (χ3v) is 6.16. The summed E-state index contributed by atoms with van der Waals surface area (Å²) >= 11 is 6.30. The van der Waals surface area contributed by atoms with Gasteiger partial charge in [0, 0.05) is 29.6 Å². The van der Waals surface area contributed by atoms with Crippen LogP contribution in [0.5, 0.6) is 0 Å². The Morgan fingerprint density at radius 3 is 2.33 bits per heavy atom. The Bertz CT molecular complexity index is 513. The summed E-state index contributed by atoms with van der Waals surface area (Å²) in [5, 5.41) is 0.646. The quantitative estimate of drug-likeness (QED) is 0.769. The zero-order valence-electron chi connectivity index (χ0n) is 12.8. The van der Waals surface area contributed by atoms with Crippen LogP contribution < -0.4 is 0 Å². The van der Waals surface area contributed by atoms with E-state index in [2.05, 4.69) is 16.9 Å². The molecule has 2 saturated heterocycles. The van der Waals surface area contributed by atoms with Crippen LogP contribution in [0.15, 0.2) is 6.07 Å². The van der Waals surface area contributed by atoms with Crippen molar-refractivity contribution in [3.63, 3.8) is 0 Å². The largest absolute Gasteiger partial charge is 0.300 e. The first-order chi connectivity index (χ1) is 10.2. The Balaban J connectivity index is 1.60. The topological polar surface area (TPSA) is 29.0 Å². The number of piperidine rings is 1. The maximum Gasteiger partial charge on any atom is 0.133 e. The average molecular weight is 306 g/mol. The van der Waals surface area contributed by atoms with Crippen LogP contribution in [0.4, 0.5) is 0 Å². The summed E-state index contributed by atoms with van der Waals surface area (Å²) in [5.74, 6) is 2.15. The third-order valence-electron chi connectivity index (χ3n) is 5.97. The van der Waals surface area contributed by atoms with E-state index in [1.54, 1.807) is 0 Å². The molecule has 1 saturated carbocycles. The molecule has 0 N–H and O–H groups in total. The molecule has 3 heterocycles. The number of hydrogen-bond acceptors (Lipinski definition) is 3. The Morgan fingerprint density at radius 2 is 1.67 bits per heavy atom. The lowest BCUT2D eigenvalue weighted by Gasteiger charge is -2.35. The molecule has 3 fully saturated rings. The number of hydrogen-bond donors (Lipinski definition) is 0. The predicted molar refractivity (Wildman–Crippen MR) is 84.8 cm³/mol. The fraction of sp³-hybridized carbons (Fsp3) is 0.765. The lowest BCUT2D eigenvalue weighted by Crippen LogP contribution is -2.39. The van der Waals surface area contributed by atoms with E-state index < -0.39 is 0 Å². The predicted octanol–water partition coefficient (Wildman–Crippen LogP) is 4.13. The van der Waals surface area contributed by atoms with Gasteiger partial charge in [0.05, 0.1) is 0 Å². The summed E-state index contributed by atoms with van der Waals surface area (Å²) in [4.78, 5) is 12.1. The average Bonchev–Trinajstić information content (AvgIpc) is 3.05. The summed E-state index contributed by atoms with van der Waals surface area (Å²) in [6.45, 7) is 0. The lowest BCUT2D eigenvalue weighted by atomic mass is 9.90. The Hall–Kier alpha value is -0.670. The molecule has 0 radical (unpaired) electrons. The zero-order valence-corrected chi connectivity index (χ0v) is 13.5. The van der Waals surface area contributed by atoms with Crippen molar-refractivity contribution in [2.45, 2.75) is 75.3 Å². The van der Waals surface area contributed by atoms with Gasteiger partial charge in [-0.05, 0) is 51.6 Å². The number of fused-ring (bicyclic) bond motifs is 2. The molecule has 2 aliphatic heterocycles. The van der Waals surface area contributed by atoms with Crippen molar-refractivity contribution in [1.82, 2.24) is 14.9 Å². The van der Waals surface area contributed by atoms with Crippen LogP contribution in [0.2, 0.25) is 5.15 Å². The van der Waals surface area contributed by atoms with Gasteiger partial charge in [-0.25, -0.2) is 9.97 Å². The highest BCUT2D eigenvalue weighted by Crippen LogP contribution is 2.42. The molecule has 114 valence electrons. The second-order valence-corrected chi connectivity index (χ2v) is 7.56. The van der Waals surface area contributed by atoms with Crippen LogP contribution in [0.25, 0.3) is 0 Å². The van der Waals surface area contributed by atoms with Gasteiger partial charge in [0.25, 0.3) is 0 Å². The van der Waals surface area contributed by atoms with E-state index in [0.717, 1.165) is 17.9 Å². The first-order valence-electron chi connectivity index (χ1n) is 8.47. The van der Waals surface area contributed by atoms with E-state index in [-0.39, 0.29) is 0 Å². The molecule has 4 heteroatoms. The van der Waals surface area contributed by atoms with Crippen molar-refractivity contribution in [2.75, 3.05) is 7.05 Å². The molecule has 2 bridgehead atoms. The minimum absolute atomic E-state index is 0.512. The highest BCUT2D eigenvalue weighted by molar-refractivity contribution is 6.29. The number of rotatable bonds is 2. The fourth-order valence-corrected chi connectivity index (χ4v) is 4.89. The van der Waals surface area contributed by atoms with E-state index in [1.165, 1.54) is 57.1 Å². The molecule has 3 nitrogen and oxygen atoms in total. The maximum absolute atomic E-state index is 6.30. The van der Waals surface area contributed by atoms with Gasteiger partial charge in [0.2, 0.25) is 0 Å². The fourth-order valence-electron chi connectivity index (χ4n) is 4.69. The molecule has 4 rings (SSSR count). The standard InChI is InChI=1S/C17H24ClN3/c1-21-13-6-7-14(21)9-12(8-13)17-19-15(10-16(18)20-17)11-4-2-3-5-11/h10-14H,2-9H2,1H3. The number of nitrogens with zero attached hydrogens (tertiary/aromatic N) is 3. The molecule has 1 aromatic rings. The molecule has 3 aliphatic rings. The van der Waals surface area contributed by atoms with E-state index >= 15 is 0 Å². The maximum atomic E-state index is 6.30. The summed E-state index contributed by atoms with van der Waals surface area (Å²) in [6, 6.07) is 3.46. The first kappa shape index (κ1) is 14.0. The molecule has 1 aliphatic carbocycles. The van der Waals surface area contributed by atoms with Crippen LogP contribution in [-0.2, 0) is 0 Å². The third kappa shape index (κ3) is 2.59. The minimum atomic E-state index is 0.512. The van der Waals surface area contributed by atoms with Crippen molar-refractivity contribution >= 4 is 11.6 Å². The summed E-state index contributed by atoms with van der Waals surface area (Å²) < 4.78 is 0. The number of halogens is 1. The number of aromatic nitrogens is 2. The normalized spacial score (nSPS) is 33.7. The van der Waals surface area contributed by atoms with Crippen molar-refractivity contribution in [1.29, 1.82) is 0 Å². The van der Waals surface area contributed by atoms with Crippen LogP contribution in [0.3, 0.4) is 0 Å². The first-order valence-corrected chi connectivity index (χ1v) is 8.85. The Labute approximate surface area is 132 Å². The van der Waals surface area contributed by atoms with Gasteiger partial charge in [-0.2, -0.15) is 0 Å². The second kappa shape index (κ2) is 5.51. The smallest absolute Gasteiger partial charge is 0.133 e. The zero-order chi connectivity index (χ0) is 14.4. The van der Waals surface area contributed by atoms with Crippen molar-refractivity contribution in [3.8, 4) is 0 Å². The van der Waals surface area contributed by atoms with Crippen LogP contribution in [0, 0.1) is 0 Å². The SMILES string of the molecule is CN1C2CCC1CC(c1nc(Cl)cc(C3CCCC3)n1)C2. The van der Waals surface area contributed by atoms with Crippen molar-refractivity contribution < 1.29 is 0 Å². The van der Waals surface area contributed by atoms with E-state index in [4.69, 9.17) is 16.6 Å². The van der Waals surface area contributed by atoms with Gasteiger partial charge < -0.3 is 4.90 Å². The van der Waals surface area contributed by atoms with Crippen LogP contribution in [0.1, 0.15) is 74.7 Å². The molecule has 0 spiro atoms. The summed E-state index contributed by atoms with van der Waals surface area (Å²) in [6.07, 6.45) is 10.3. The molecule has 1 aromatic heterocycles. The van der Waals surface area contributed by atoms with Crippen LogP contribution in [-0.4, -0.2) is 34.0 Å². The molecule has 2 atom stereocenters. The van der Waals surface area contributed by atoms with E-state index in [9.17, 15) is 0 Å². The highest BCUT2D eigenvalue weighted by Gasteiger charge is 2.40. The summed E-state index contributed by atoms with van der Waals surface area (Å²) in [7, 11) is 2.28. The van der Waals surface area contributed by atoms with Crippen molar-refractivity contribution in [2.24, 2.45) is 0 Å². The minimum Gasteiger partial charge on any atom is -0.300 e. The van der Waals surface area contributed by atoms with Gasteiger partial charge in [0.15, 0.2) is 0 Å². The summed E-state index contributed by atoms with van der Waals surface area (Å²) in [5.41, 5.74) is 1.20. The Morgan fingerprint density at radius 1 is 1.00 bits per heavy atom. The molecular formula is C17H24ClN3. The van der Waals surface area contributed by atoms with Crippen molar-refractivity contribution in [3.05, 3.63) is 22.7 Å². The van der Waals surface area contributed by atoms with Gasteiger partial charge in [-0.15, -0.1) is 0 Å². The monoisotopic (exact) mass is 305 g/mol. The second-order valence-electron chi connectivity index (χ2n) is 7.17. The molecular weight excluding hydrogens is 282 g/mol. The van der Waals surface area contributed by atoms with Gasteiger partial charge in [-0.1, -0.05) is 24.4 Å². The Kier molecular flexibility index (Phi) is 3.66. The molecule has 2 unspecified atom stereocenters. The van der Waals surface area contributed by atoms with Gasteiger partial charge in [0.1, 0.15) is 11.0 Å². The van der Waals surface area contributed by atoms with Gasteiger partial charge >= 0.3 is 0 Å². The molecule has 0 aromatic carbocycles. The van der Waals surface area contributed by atoms with E-state index in [1.807, 2.05) is 6.07 Å².